The van der Waals surface area contributed by atoms with Crippen molar-refractivity contribution in [2.75, 3.05) is 18.8 Å². The molecule has 13 heteroatoms. The molecule has 0 spiro atoms. The molecule has 0 aliphatic heterocycles. The van der Waals surface area contributed by atoms with Gasteiger partial charge in [-0.15, -0.1) is 0 Å². The lowest BCUT2D eigenvalue weighted by Crippen LogP contribution is -2.55. The predicted octanol–water partition coefficient (Wildman–Crippen LogP) is -2.49. The highest BCUT2D eigenvalue weighted by atomic mass is 32.1. The van der Waals surface area contributed by atoms with Crippen LogP contribution in [-0.2, 0) is 19.2 Å². The molecule has 0 aromatic carbocycles. The van der Waals surface area contributed by atoms with Gasteiger partial charge in [0.2, 0.25) is 17.7 Å². The number of hydrogen-bond acceptors (Lipinski definition) is 7. The highest BCUT2D eigenvalue weighted by Crippen LogP contribution is 2.09. The maximum Gasteiger partial charge on any atom is 0.326 e. The van der Waals surface area contributed by atoms with E-state index >= 15 is 0 Å². The summed E-state index contributed by atoms with van der Waals surface area (Å²) >= 11 is 3.90. The molecular formula is C17H33N7O5S. The molecule has 0 saturated carbocycles. The largest absolute Gasteiger partial charge is 0.480 e. The molecule has 0 fully saturated rings. The van der Waals surface area contributed by atoms with Gasteiger partial charge in [0.25, 0.3) is 0 Å². The fourth-order valence-electron chi connectivity index (χ4n) is 2.34. The van der Waals surface area contributed by atoms with Crippen molar-refractivity contribution in [2.45, 2.75) is 51.2 Å². The summed E-state index contributed by atoms with van der Waals surface area (Å²) in [6.07, 6.45) is 1.05. The molecule has 30 heavy (non-hydrogen) atoms. The molecule has 0 aromatic rings. The number of rotatable bonds is 14. The third-order valence-electron chi connectivity index (χ3n) is 4.33. The summed E-state index contributed by atoms with van der Waals surface area (Å²) in [4.78, 5) is 51.8. The number of carboxylic acids is 1. The number of nitrogens with one attached hydrogen (secondary N) is 3. The molecule has 0 radical (unpaired) electrons. The van der Waals surface area contributed by atoms with Crippen molar-refractivity contribution in [3.8, 4) is 0 Å². The second-order valence-electron chi connectivity index (χ2n) is 6.79. The van der Waals surface area contributed by atoms with E-state index in [1.807, 2.05) is 0 Å². The Kier molecular flexibility index (Phi) is 13.2. The van der Waals surface area contributed by atoms with Crippen molar-refractivity contribution < 1.29 is 24.3 Å². The van der Waals surface area contributed by atoms with Gasteiger partial charge >= 0.3 is 5.97 Å². The second-order valence-corrected chi connectivity index (χ2v) is 7.15. The van der Waals surface area contributed by atoms with Crippen LogP contribution in [0.4, 0.5) is 0 Å². The van der Waals surface area contributed by atoms with Gasteiger partial charge in [-0.1, -0.05) is 20.3 Å². The van der Waals surface area contributed by atoms with E-state index in [2.05, 4.69) is 33.6 Å². The SMILES string of the molecule is CCC(C)C(NC(=O)C(CCCN=C(N)N)NC(=O)CNC(=O)C(N)CS)C(=O)O. The van der Waals surface area contributed by atoms with E-state index in [1.54, 1.807) is 13.8 Å². The van der Waals surface area contributed by atoms with Crippen molar-refractivity contribution in [2.24, 2.45) is 28.1 Å². The first kappa shape index (κ1) is 27.5. The summed E-state index contributed by atoms with van der Waals surface area (Å²) in [5.74, 6) is -3.33. The molecule has 0 saturated heterocycles. The van der Waals surface area contributed by atoms with Crippen LogP contribution < -0.4 is 33.2 Å². The molecule has 0 rings (SSSR count). The average Bonchev–Trinajstić information content (AvgIpc) is 2.70. The molecule has 10 N–H and O–H groups in total. The van der Waals surface area contributed by atoms with Crippen LogP contribution >= 0.6 is 12.6 Å². The number of thiol groups is 1. The van der Waals surface area contributed by atoms with E-state index in [9.17, 15) is 24.3 Å². The average molecular weight is 448 g/mol. The van der Waals surface area contributed by atoms with Crippen LogP contribution in [0.2, 0.25) is 0 Å². The number of nitrogens with zero attached hydrogens (tertiary/aromatic N) is 1. The molecule has 12 nitrogen and oxygen atoms in total. The number of amides is 3. The summed E-state index contributed by atoms with van der Waals surface area (Å²) < 4.78 is 0. The summed E-state index contributed by atoms with van der Waals surface area (Å²) in [5.41, 5.74) is 16.0. The maximum absolute atomic E-state index is 12.6. The van der Waals surface area contributed by atoms with E-state index in [4.69, 9.17) is 17.2 Å². The quantitative estimate of drug-likeness (QED) is 0.0615. The van der Waals surface area contributed by atoms with E-state index in [1.165, 1.54) is 0 Å². The fourth-order valence-corrected chi connectivity index (χ4v) is 2.50. The third-order valence-corrected chi connectivity index (χ3v) is 4.72. The lowest BCUT2D eigenvalue weighted by molar-refractivity contribution is -0.143. The zero-order valence-electron chi connectivity index (χ0n) is 17.3. The van der Waals surface area contributed by atoms with Crippen LogP contribution in [0.1, 0.15) is 33.1 Å². The van der Waals surface area contributed by atoms with Crippen LogP contribution in [0.5, 0.6) is 0 Å². The lowest BCUT2D eigenvalue weighted by atomic mass is 9.98. The first-order valence-corrected chi connectivity index (χ1v) is 10.2. The highest BCUT2D eigenvalue weighted by molar-refractivity contribution is 7.80. The minimum atomic E-state index is -1.17. The van der Waals surface area contributed by atoms with Gasteiger partial charge in [-0.25, -0.2) is 4.79 Å². The Bertz CT molecular complexity index is 628. The molecule has 0 heterocycles. The first-order valence-electron chi connectivity index (χ1n) is 9.55. The number of aliphatic carboxylic acids is 1. The normalized spacial score (nSPS) is 14.5. The van der Waals surface area contributed by atoms with Crippen molar-refractivity contribution in [1.29, 1.82) is 0 Å². The van der Waals surface area contributed by atoms with Crippen molar-refractivity contribution in [3.05, 3.63) is 0 Å². The van der Waals surface area contributed by atoms with Crippen molar-refractivity contribution in [3.63, 3.8) is 0 Å². The summed E-state index contributed by atoms with van der Waals surface area (Å²) in [6, 6.07) is -3.01. The van der Waals surface area contributed by atoms with E-state index in [0.717, 1.165) is 0 Å². The Morgan fingerprint density at radius 2 is 1.77 bits per heavy atom. The van der Waals surface area contributed by atoms with Crippen LogP contribution in [0.25, 0.3) is 0 Å². The van der Waals surface area contributed by atoms with Gasteiger partial charge in [-0.3, -0.25) is 19.4 Å². The monoisotopic (exact) mass is 447 g/mol. The number of carboxylic acid groups (broad SMARTS) is 1. The van der Waals surface area contributed by atoms with E-state index < -0.39 is 48.4 Å². The van der Waals surface area contributed by atoms with Crippen molar-refractivity contribution in [1.82, 2.24) is 16.0 Å². The van der Waals surface area contributed by atoms with E-state index in [0.29, 0.717) is 12.8 Å². The fraction of sp³-hybridized carbons (Fsp3) is 0.706. The van der Waals surface area contributed by atoms with Gasteiger partial charge < -0.3 is 38.3 Å². The lowest BCUT2D eigenvalue weighted by Gasteiger charge is -2.24. The molecule has 0 aliphatic rings. The Morgan fingerprint density at radius 3 is 2.27 bits per heavy atom. The minimum Gasteiger partial charge on any atom is -0.480 e. The van der Waals surface area contributed by atoms with Crippen LogP contribution in [-0.4, -0.2) is 71.7 Å². The maximum atomic E-state index is 12.6. The Labute approximate surface area is 181 Å². The Hall–Kier alpha value is -2.54. The predicted molar refractivity (Wildman–Crippen MR) is 116 cm³/mol. The van der Waals surface area contributed by atoms with Gasteiger partial charge in [-0.05, 0) is 18.8 Å². The summed E-state index contributed by atoms with van der Waals surface area (Å²) in [7, 11) is 0. The smallest absolute Gasteiger partial charge is 0.326 e. The molecular weight excluding hydrogens is 414 g/mol. The third kappa shape index (κ3) is 10.9. The number of hydrogen-bond donors (Lipinski definition) is 8. The van der Waals surface area contributed by atoms with Crippen LogP contribution in [0.3, 0.4) is 0 Å². The number of nitrogens with two attached hydrogens (primary N) is 3. The van der Waals surface area contributed by atoms with Gasteiger partial charge in [-0.2, -0.15) is 12.6 Å². The van der Waals surface area contributed by atoms with Gasteiger partial charge in [0.15, 0.2) is 5.96 Å². The number of aliphatic imine (C=N–C) groups is 1. The zero-order chi connectivity index (χ0) is 23.3. The molecule has 4 unspecified atom stereocenters. The standard InChI is InChI=1S/C17H33N7O5S/c1-3-9(2)13(16(28)29)24-15(27)11(5-4-6-21-17(19)20)23-12(25)7-22-14(26)10(18)8-30/h9-11,13,30H,3-8,18H2,1-2H3,(H,22,26)(H,23,25)(H,24,27)(H,28,29)(H4,19,20,21). The number of carbonyl (C=O) groups is 4. The molecule has 4 atom stereocenters. The molecule has 3 amide bonds. The molecule has 0 aromatic heterocycles. The van der Waals surface area contributed by atoms with Gasteiger partial charge in [0, 0.05) is 12.3 Å². The topological polar surface area (TPSA) is 215 Å². The van der Waals surface area contributed by atoms with Gasteiger partial charge in [0.1, 0.15) is 12.1 Å². The summed E-state index contributed by atoms with van der Waals surface area (Å²) in [6.45, 7) is 3.33. The summed E-state index contributed by atoms with van der Waals surface area (Å²) in [5, 5.41) is 16.7. The first-order chi connectivity index (χ1) is 14.0. The highest BCUT2D eigenvalue weighted by Gasteiger charge is 2.29. The Morgan fingerprint density at radius 1 is 1.13 bits per heavy atom. The Balaban J connectivity index is 5.09. The number of carbonyl (C=O) groups excluding carboxylic acids is 3. The van der Waals surface area contributed by atoms with Gasteiger partial charge in [0.05, 0.1) is 12.6 Å². The zero-order valence-corrected chi connectivity index (χ0v) is 18.2. The molecule has 0 aliphatic carbocycles. The number of guanidine groups is 1. The van der Waals surface area contributed by atoms with Crippen LogP contribution in [0.15, 0.2) is 4.99 Å². The van der Waals surface area contributed by atoms with Crippen molar-refractivity contribution >= 4 is 42.3 Å². The van der Waals surface area contributed by atoms with E-state index in [-0.39, 0.29) is 30.6 Å². The minimum absolute atomic E-state index is 0.106. The molecule has 0 bridgehead atoms. The molecule has 172 valence electrons. The van der Waals surface area contributed by atoms with Crippen LogP contribution in [0, 0.1) is 5.92 Å². The second kappa shape index (κ2) is 14.4.